The molecular weight excluding hydrogens is 266 g/mol. The largest absolute Gasteiger partial charge is 0.327 e. The van der Waals surface area contributed by atoms with Crippen LogP contribution in [0.1, 0.15) is 57.3 Å². The van der Waals surface area contributed by atoms with E-state index in [-0.39, 0.29) is 0 Å². The zero-order chi connectivity index (χ0) is 14.9. The van der Waals surface area contributed by atoms with Crippen molar-refractivity contribution in [3.8, 4) is 0 Å². The van der Waals surface area contributed by atoms with Gasteiger partial charge in [-0.05, 0) is 50.5 Å². The molecule has 1 fully saturated rings. The molecule has 1 saturated carbocycles. The summed E-state index contributed by atoms with van der Waals surface area (Å²) in [6, 6.07) is 0.704. The summed E-state index contributed by atoms with van der Waals surface area (Å²) in [6.45, 7) is 12.4. The van der Waals surface area contributed by atoms with E-state index in [0.717, 1.165) is 18.7 Å². The minimum absolute atomic E-state index is 0.309. The Balaban J connectivity index is 1.93. The molecule has 4 unspecified atom stereocenters. The highest BCUT2D eigenvalue weighted by Gasteiger charge is 2.41. The Kier molecular flexibility index (Phi) is 4.88. The second-order valence-corrected chi connectivity index (χ2v) is 7.89. The highest BCUT2D eigenvalue weighted by molar-refractivity contribution is 7.09. The maximum Gasteiger partial charge on any atom is 0.110 e. The Morgan fingerprint density at radius 3 is 2.80 bits per heavy atom. The van der Waals surface area contributed by atoms with Crippen molar-refractivity contribution < 1.29 is 0 Å². The maximum absolute atomic E-state index is 6.24. The summed E-state index contributed by atoms with van der Waals surface area (Å²) in [7, 11) is 0. The minimum Gasteiger partial charge on any atom is -0.327 e. The van der Waals surface area contributed by atoms with E-state index in [2.05, 4.69) is 50.3 Å². The van der Waals surface area contributed by atoms with Crippen LogP contribution in [0.3, 0.4) is 0 Å². The second-order valence-electron chi connectivity index (χ2n) is 7.01. The van der Waals surface area contributed by atoms with Crippen LogP contribution in [0.25, 0.3) is 0 Å². The Morgan fingerprint density at radius 2 is 2.20 bits per heavy atom. The van der Waals surface area contributed by atoms with E-state index in [9.17, 15) is 0 Å². The highest BCUT2D eigenvalue weighted by Crippen LogP contribution is 2.44. The number of nitrogens with zero attached hydrogens (tertiary/aromatic N) is 1. The molecule has 114 valence electrons. The molecule has 0 spiro atoms. The van der Waals surface area contributed by atoms with E-state index in [1.54, 1.807) is 11.3 Å². The molecule has 1 aromatic rings. The summed E-state index contributed by atoms with van der Waals surface area (Å²) in [6.07, 6.45) is 2.39. The third-order valence-corrected chi connectivity index (χ3v) is 6.54. The van der Waals surface area contributed by atoms with Crippen molar-refractivity contribution >= 4 is 11.3 Å². The topological polar surface area (TPSA) is 50.9 Å². The lowest BCUT2D eigenvalue weighted by atomic mass is 9.61. The zero-order valence-electron chi connectivity index (χ0n) is 13.4. The predicted octanol–water partition coefficient (Wildman–Crippen LogP) is 3.50. The van der Waals surface area contributed by atoms with Gasteiger partial charge >= 0.3 is 0 Å². The molecule has 2 rings (SSSR count). The van der Waals surface area contributed by atoms with Gasteiger partial charge in [0.1, 0.15) is 5.01 Å². The van der Waals surface area contributed by atoms with Crippen LogP contribution in [0.15, 0.2) is 5.38 Å². The molecule has 1 aliphatic rings. The fourth-order valence-electron chi connectivity index (χ4n) is 3.28. The first-order valence-corrected chi connectivity index (χ1v) is 8.61. The van der Waals surface area contributed by atoms with Gasteiger partial charge in [0.15, 0.2) is 0 Å². The van der Waals surface area contributed by atoms with Gasteiger partial charge in [0, 0.05) is 17.1 Å². The Labute approximate surface area is 127 Å². The lowest BCUT2D eigenvalue weighted by molar-refractivity contribution is 0.0526. The molecular formula is C16H29N3S. The zero-order valence-corrected chi connectivity index (χ0v) is 14.3. The summed E-state index contributed by atoms with van der Waals surface area (Å²) >= 11 is 1.75. The summed E-state index contributed by atoms with van der Waals surface area (Å²) in [5.41, 5.74) is 7.67. The molecule has 1 aromatic heterocycles. The molecule has 0 aromatic carbocycles. The second kappa shape index (κ2) is 6.12. The molecule has 0 amide bonds. The van der Waals surface area contributed by atoms with Gasteiger partial charge in [-0.1, -0.05) is 20.8 Å². The number of hydrogen-bond acceptors (Lipinski definition) is 4. The van der Waals surface area contributed by atoms with Crippen molar-refractivity contribution in [2.24, 2.45) is 23.0 Å². The standard InChI is InChI=1S/C16H29N3S/c1-10-9-20-15(19-10)12(3)18-8-13-6-7-14(17)11(2)16(13,4)5/h9,11-14,18H,6-8,17H2,1-5H3. The quantitative estimate of drug-likeness (QED) is 0.894. The molecule has 4 atom stereocenters. The molecule has 0 saturated heterocycles. The van der Waals surface area contributed by atoms with Crippen LogP contribution in [0, 0.1) is 24.2 Å². The normalized spacial score (nSPS) is 31.2. The lowest BCUT2D eigenvalue weighted by Gasteiger charge is -2.47. The first kappa shape index (κ1) is 15.9. The van der Waals surface area contributed by atoms with Gasteiger partial charge < -0.3 is 11.1 Å². The maximum atomic E-state index is 6.24. The summed E-state index contributed by atoms with van der Waals surface area (Å²) in [4.78, 5) is 4.57. The van der Waals surface area contributed by atoms with E-state index >= 15 is 0 Å². The fourth-order valence-corrected chi connectivity index (χ4v) is 4.11. The van der Waals surface area contributed by atoms with Crippen molar-refractivity contribution in [1.82, 2.24) is 10.3 Å². The number of nitrogens with two attached hydrogens (primary N) is 1. The average Bonchev–Trinajstić information content (AvgIpc) is 2.82. The summed E-state index contributed by atoms with van der Waals surface area (Å²) in [5.74, 6) is 1.28. The third kappa shape index (κ3) is 3.23. The van der Waals surface area contributed by atoms with Crippen molar-refractivity contribution in [1.29, 1.82) is 0 Å². The third-order valence-electron chi connectivity index (χ3n) is 5.39. The number of hydrogen-bond donors (Lipinski definition) is 2. The number of rotatable bonds is 4. The van der Waals surface area contributed by atoms with E-state index in [0.29, 0.717) is 29.3 Å². The molecule has 0 bridgehead atoms. The molecule has 1 heterocycles. The number of nitrogens with one attached hydrogen (secondary N) is 1. The van der Waals surface area contributed by atoms with Gasteiger partial charge in [0.25, 0.3) is 0 Å². The monoisotopic (exact) mass is 295 g/mol. The number of thiazole rings is 1. The Bertz CT molecular complexity index is 441. The molecule has 3 nitrogen and oxygen atoms in total. The summed E-state index contributed by atoms with van der Waals surface area (Å²) < 4.78 is 0. The number of aromatic nitrogens is 1. The Morgan fingerprint density at radius 1 is 1.50 bits per heavy atom. The highest BCUT2D eigenvalue weighted by atomic mass is 32.1. The van der Waals surface area contributed by atoms with Crippen molar-refractivity contribution in [3.05, 3.63) is 16.1 Å². The van der Waals surface area contributed by atoms with Crippen molar-refractivity contribution in [3.63, 3.8) is 0 Å². The van der Waals surface area contributed by atoms with Crippen LogP contribution in [0.4, 0.5) is 0 Å². The predicted molar refractivity (Wildman–Crippen MR) is 86.9 cm³/mol. The van der Waals surface area contributed by atoms with Gasteiger partial charge in [-0.2, -0.15) is 0 Å². The molecule has 20 heavy (non-hydrogen) atoms. The van der Waals surface area contributed by atoms with E-state index in [4.69, 9.17) is 5.73 Å². The van der Waals surface area contributed by atoms with E-state index in [1.165, 1.54) is 11.4 Å². The van der Waals surface area contributed by atoms with Gasteiger partial charge in [-0.3, -0.25) is 0 Å². The van der Waals surface area contributed by atoms with Crippen LogP contribution in [0.2, 0.25) is 0 Å². The van der Waals surface area contributed by atoms with Crippen LogP contribution >= 0.6 is 11.3 Å². The molecule has 0 radical (unpaired) electrons. The first-order chi connectivity index (χ1) is 9.32. The SMILES string of the molecule is Cc1csc(C(C)NCC2CCC(N)C(C)C2(C)C)n1. The van der Waals surface area contributed by atoms with Crippen molar-refractivity contribution in [2.75, 3.05) is 6.54 Å². The van der Waals surface area contributed by atoms with Crippen LogP contribution in [-0.4, -0.2) is 17.6 Å². The van der Waals surface area contributed by atoms with Crippen LogP contribution in [0.5, 0.6) is 0 Å². The summed E-state index contributed by atoms with van der Waals surface area (Å²) in [5, 5.41) is 7.00. The van der Waals surface area contributed by atoms with Crippen LogP contribution < -0.4 is 11.1 Å². The number of aryl methyl sites for hydroxylation is 1. The smallest absolute Gasteiger partial charge is 0.110 e. The lowest BCUT2D eigenvalue weighted by Crippen LogP contribution is -2.49. The Hall–Kier alpha value is -0.450. The van der Waals surface area contributed by atoms with Gasteiger partial charge in [0.05, 0.1) is 6.04 Å². The van der Waals surface area contributed by atoms with Gasteiger partial charge in [0.2, 0.25) is 0 Å². The average molecular weight is 295 g/mol. The minimum atomic E-state index is 0.309. The van der Waals surface area contributed by atoms with E-state index < -0.39 is 0 Å². The van der Waals surface area contributed by atoms with E-state index in [1.807, 2.05) is 0 Å². The first-order valence-electron chi connectivity index (χ1n) is 7.73. The van der Waals surface area contributed by atoms with Crippen molar-refractivity contribution in [2.45, 2.75) is 59.5 Å². The van der Waals surface area contributed by atoms with Gasteiger partial charge in [-0.15, -0.1) is 11.3 Å². The molecule has 1 aliphatic carbocycles. The van der Waals surface area contributed by atoms with Gasteiger partial charge in [-0.25, -0.2) is 4.98 Å². The molecule has 0 aliphatic heterocycles. The molecule has 3 N–H and O–H groups in total. The fraction of sp³-hybridized carbons (Fsp3) is 0.812. The van der Waals surface area contributed by atoms with Crippen LogP contribution in [-0.2, 0) is 0 Å². The molecule has 4 heteroatoms.